The van der Waals surface area contributed by atoms with E-state index in [9.17, 15) is 5.26 Å². The fourth-order valence-corrected chi connectivity index (χ4v) is 5.79. The van der Waals surface area contributed by atoms with Crippen LogP contribution in [0.2, 0.25) is 0 Å². The number of benzene rings is 2. The first-order valence-corrected chi connectivity index (χ1v) is 16.0. The van der Waals surface area contributed by atoms with Crippen molar-refractivity contribution in [1.29, 1.82) is 5.26 Å². The minimum atomic E-state index is 0.217. The van der Waals surface area contributed by atoms with Crippen LogP contribution >= 0.6 is 0 Å². The average Bonchev–Trinajstić information content (AvgIpc) is 3.48. The monoisotopic (exact) mass is 623 g/mol. The molecule has 0 amide bonds. The van der Waals surface area contributed by atoms with Gasteiger partial charge in [-0.3, -0.25) is 9.47 Å². The lowest BCUT2D eigenvalue weighted by atomic mass is 10.1. The molecule has 9 heteroatoms. The van der Waals surface area contributed by atoms with Gasteiger partial charge in [-0.25, -0.2) is 19.9 Å². The van der Waals surface area contributed by atoms with Crippen LogP contribution in [0, 0.1) is 11.3 Å². The minimum Gasteiger partial charge on any atom is -0.383 e. The minimum absolute atomic E-state index is 0.217. The number of fused-ring (bicyclic) bond motifs is 1. The molecular weight excluding hydrogens is 582 g/mol. The van der Waals surface area contributed by atoms with Gasteiger partial charge < -0.3 is 10.6 Å². The molecule has 0 bridgehead atoms. The predicted molar refractivity (Wildman–Crippen MR) is 192 cm³/mol. The molecule has 1 atom stereocenters. The van der Waals surface area contributed by atoms with Crippen LogP contribution in [0.5, 0.6) is 0 Å². The lowest BCUT2D eigenvalue weighted by molar-refractivity contribution is 0.105. The van der Waals surface area contributed by atoms with Crippen LogP contribution in [-0.2, 0) is 6.54 Å². The van der Waals surface area contributed by atoms with Gasteiger partial charge in [-0.1, -0.05) is 69.0 Å². The molecule has 2 aromatic carbocycles. The summed E-state index contributed by atoms with van der Waals surface area (Å²) in [5.74, 6) is 1.74. The number of nitrogens with two attached hydrogens (primary N) is 1. The Labute approximate surface area is 277 Å². The third-order valence-corrected chi connectivity index (χ3v) is 7.99. The maximum atomic E-state index is 9.34. The number of aromatic nitrogens is 4. The fraction of sp³-hybridized carbons (Fsp3) is 0.237. The van der Waals surface area contributed by atoms with Gasteiger partial charge in [0.05, 0.1) is 11.3 Å². The summed E-state index contributed by atoms with van der Waals surface area (Å²) in [7, 11) is 0. The van der Waals surface area contributed by atoms with Gasteiger partial charge >= 0.3 is 0 Å². The van der Waals surface area contributed by atoms with Gasteiger partial charge in [-0.05, 0) is 61.9 Å². The molecule has 238 valence electrons. The van der Waals surface area contributed by atoms with Crippen LogP contribution in [0.25, 0.3) is 39.5 Å². The van der Waals surface area contributed by atoms with Crippen molar-refractivity contribution in [3.8, 4) is 34.4 Å². The van der Waals surface area contributed by atoms with Crippen molar-refractivity contribution in [2.24, 2.45) is 4.99 Å². The average molecular weight is 624 g/mol. The van der Waals surface area contributed by atoms with Gasteiger partial charge in [-0.15, -0.1) is 0 Å². The SMILES string of the molecule is C=C(/N=C(C#N)\C=C/C)N1CCN(Cc2ccc(-n3c(-c4cccnc4N)nc4ccc(-c5ccccc5)nc43)cc2)CC1C.CC. The summed E-state index contributed by atoms with van der Waals surface area (Å²) in [4.78, 5) is 23.4. The zero-order valence-electron chi connectivity index (χ0n) is 27.5. The second kappa shape index (κ2) is 15.1. The fourth-order valence-electron chi connectivity index (χ4n) is 5.79. The second-order valence-electron chi connectivity index (χ2n) is 11.1. The molecule has 0 spiro atoms. The summed E-state index contributed by atoms with van der Waals surface area (Å²) in [5.41, 5.74) is 13.1. The smallest absolute Gasteiger partial charge is 0.165 e. The summed E-state index contributed by atoms with van der Waals surface area (Å²) in [5, 5.41) is 9.34. The Morgan fingerprint density at radius 3 is 2.47 bits per heavy atom. The Morgan fingerprint density at radius 2 is 1.79 bits per heavy atom. The number of hydrogen-bond donors (Lipinski definition) is 1. The number of nitrogen functional groups attached to an aromatic ring is 1. The Balaban J connectivity index is 0.00000213. The second-order valence-corrected chi connectivity index (χ2v) is 11.1. The van der Waals surface area contributed by atoms with Crippen molar-refractivity contribution >= 4 is 22.7 Å². The summed E-state index contributed by atoms with van der Waals surface area (Å²) < 4.78 is 2.06. The molecule has 9 nitrogen and oxygen atoms in total. The summed E-state index contributed by atoms with van der Waals surface area (Å²) in [6.07, 6.45) is 5.20. The molecule has 0 saturated carbocycles. The number of nitrogens with zero attached hydrogens (tertiary/aromatic N) is 8. The Bertz CT molecular complexity index is 1930. The highest BCUT2D eigenvalue weighted by Crippen LogP contribution is 2.32. The van der Waals surface area contributed by atoms with Crippen molar-refractivity contribution < 1.29 is 0 Å². The molecule has 1 fully saturated rings. The molecule has 1 aliphatic heterocycles. The summed E-state index contributed by atoms with van der Waals surface area (Å²) >= 11 is 0. The van der Waals surface area contributed by atoms with E-state index in [0.29, 0.717) is 23.2 Å². The van der Waals surface area contributed by atoms with E-state index in [4.69, 9.17) is 15.7 Å². The zero-order chi connectivity index (χ0) is 33.3. The zero-order valence-corrected chi connectivity index (χ0v) is 27.5. The van der Waals surface area contributed by atoms with E-state index in [0.717, 1.165) is 59.9 Å². The van der Waals surface area contributed by atoms with Crippen LogP contribution in [0.3, 0.4) is 0 Å². The summed E-state index contributed by atoms with van der Waals surface area (Å²) in [6.45, 7) is 15.5. The molecule has 4 heterocycles. The number of allylic oxidation sites excluding steroid dienone is 2. The maximum absolute atomic E-state index is 9.34. The molecular formula is C38H41N9. The van der Waals surface area contributed by atoms with Gasteiger partial charge in [0.2, 0.25) is 0 Å². The Hall–Kier alpha value is -5.59. The Kier molecular flexibility index (Phi) is 10.6. The van der Waals surface area contributed by atoms with E-state index >= 15 is 0 Å². The van der Waals surface area contributed by atoms with E-state index in [1.807, 2.05) is 69.3 Å². The van der Waals surface area contributed by atoms with E-state index in [2.05, 4.69) is 80.3 Å². The molecule has 2 N–H and O–H groups in total. The van der Waals surface area contributed by atoms with Crippen molar-refractivity contribution in [3.63, 3.8) is 0 Å². The summed E-state index contributed by atoms with van der Waals surface area (Å²) in [6, 6.07) is 28.9. The highest BCUT2D eigenvalue weighted by Gasteiger charge is 2.25. The molecule has 47 heavy (non-hydrogen) atoms. The quantitative estimate of drug-likeness (QED) is 0.181. The van der Waals surface area contributed by atoms with Gasteiger partial charge in [0, 0.05) is 49.7 Å². The van der Waals surface area contributed by atoms with Crippen LogP contribution in [-0.4, -0.2) is 60.7 Å². The molecule has 1 aliphatic rings. The lowest BCUT2D eigenvalue weighted by Crippen LogP contribution is -2.50. The Morgan fingerprint density at radius 1 is 1.02 bits per heavy atom. The van der Waals surface area contributed by atoms with Gasteiger partial charge in [-0.2, -0.15) is 5.26 Å². The van der Waals surface area contributed by atoms with Gasteiger partial charge in [0.1, 0.15) is 28.9 Å². The number of rotatable bonds is 8. The third-order valence-electron chi connectivity index (χ3n) is 7.99. The number of imidazole rings is 1. The van der Waals surface area contributed by atoms with Crippen molar-refractivity contribution in [1.82, 2.24) is 29.3 Å². The molecule has 0 aliphatic carbocycles. The first-order valence-electron chi connectivity index (χ1n) is 16.0. The van der Waals surface area contributed by atoms with Crippen LogP contribution < -0.4 is 5.73 Å². The third kappa shape index (κ3) is 7.29. The number of pyridine rings is 2. The molecule has 5 aromatic rings. The predicted octanol–water partition coefficient (Wildman–Crippen LogP) is 7.28. The van der Waals surface area contributed by atoms with E-state index < -0.39 is 0 Å². The number of piperazine rings is 1. The highest BCUT2D eigenvalue weighted by atomic mass is 15.3. The van der Waals surface area contributed by atoms with Gasteiger partial charge in [0.25, 0.3) is 0 Å². The van der Waals surface area contributed by atoms with E-state index in [-0.39, 0.29) is 6.04 Å². The number of nitriles is 1. The highest BCUT2D eigenvalue weighted by molar-refractivity contribution is 6.07. The molecule has 0 radical (unpaired) electrons. The van der Waals surface area contributed by atoms with Crippen LogP contribution in [0.4, 0.5) is 5.82 Å². The van der Waals surface area contributed by atoms with E-state index in [1.54, 1.807) is 12.3 Å². The topological polar surface area (TPSA) is 112 Å². The van der Waals surface area contributed by atoms with Crippen molar-refractivity contribution in [2.75, 3.05) is 25.4 Å². The standard InChI is InChI=1S/C36H35N9.C2H6/c1-4-9-29(22-37)40-26(3)44-21-20-43(23-25(44)2)24-27-13-15-30(16-14-27)45-35(31-12-8-19-39-34(31)38)42-33-18-17-32(41-36(33)45)28-10-6-5-7-11-28;1-2/h4-19,25H,3,20-21,23-24H2,1-2H3,(H2,38,39);1-2H3/b9-4-,40-29+;. The van der Waals surface area contributed by atoms with Crippen LogP contribution in [0.15, 0.2) is 115 Å². The van der Waals surface area contributed by atoms with E-state index in [1.165, 1.54) is 5.56 Å². The molecule has 1 unspecified atom stereocenters. The van der Waals surface area contributed by atoms with Crippen molar-refractivity contribution in [3.05, 3.63) is 115 Å². The van der Waals surface area contributed by atoms with Crippen molar-refractivity contribution in [2.45, 2.75) is 40.3 Å². The largest absolute Gasteiger partial charge is 0.383 e. The first kappa shape index (κ1) is 32.8. The normalized spacial score (nSPS) is 15.3. The van der Waals surface area contributed by atoms with Crippen LogP contribution in [0.1, 0.15) is 33.3 Å². The lowest BCUT2D eigenvalue weighted by Gasteiger charge is -2.41. The number of anilines is 1. The first-order chi connectivity index (χ1) is 22.9. The maximum Gasteiger partial charge on any atom is 0.165 e. The molecule has 6 rings (SSSR count). The number of aliphatic imine (C=N–C) groups is 1. The molecule has 1 saturated heterocycles. The van der Waals surface area contributed by atoms with Gasteiger partial charge in [0.15, 0.2) is 11.5 Å². The molecule has 3 aromatic heterocycles. The number of hydrogen-bond acceptors (Lipinski definition) is 8.